The van der Waals surface area contributed by atoms with Crippen LogP contribution in [0.4, 0.5) is 4.39 Å². The smallest absolute Gasteiger partial charge is 0.123 e. The van der Waals surface area contributed by atoms with E-state index in [1.54, 1.807) is 13.8 Å². The lowest BCUT2D eigenvalue weighted by Gasteiger charge is -2.28. The van der Waals surface area contributed by atoms with E-state index < -0.39 is 11.5 Å². The fourth-order valence-corrected chi connectivity index (χ4v) is 1.18. The van der Waals surface area contributed by atoms with Crippen LogP contribution in [0, 0.1) is 11.2 Å². The highest BCUT2D eigenvalue weighted by molar-refractivity contribution is 5.20. The molecule has 0 aromatic heterocycles. The molecule has 0 heterocycles. The molecule has 1 aromatic carbocycles. The van der Waals surface area contributed by atoms with Gasteiger partial charge in [-0.05, 0) is 17.7 Å². The fraction of sp³-hybridized carbons (Fsp3) is 0.455. The van der Waals surface area contributed by atoms with Gasteiger partial charge in [-0.15, -0.1) is 0 Å². The molecule has 1 atom stereocenters. The zero-order chi connectivity index (χ0) is 10.8. The first kappa shape index (κ1) is 11.1. The molecule has 1 aromatic rings. The second-order valence-corrected chi connectivity index (χ2v) is 4.10. The number of hydrogen-bond donors (Lipinski definition) is 2. The minimum Gasteiger partial charge on any atom is -0.396 e. The summed E-state index contributed by atoms with van der Waals surface area (Å²) in [5.74, 6) is -0.331. The van der Waals surface area contributed by atoms with E-state index in [1.807, 2.05) is 0 Å². The van der Waals surface area contributed by atoms with Crippen molar-refractivity contribution in [1.82, 2.24) is 0 Å². The molecule has 0 aliphatic heterocycles. The molecule has 0 amide bonds. The summed E-state index contributed by atoms with van der Waals surface area (Å²) in [5.41, 5.74) is 0.00289. The second-order valence-electron chi connectivity index (χ2n) is 4.10. The third-order valence-electron chi connectivity index (χ3n) is 2.33. The monoisotopic (exact) mass is 198 g/mol. The van der Waals surface area contributed by atoms with Crippen molar-refractivity contribution in [3.05, 3.63) is 35.6 Å². The summed E-state index contributed by atoms with van der Waals surface area (Å²) in [6.45, 7) is 3.38. The van der Waals surface area contributed by atoms with Gasteiger partial charge in [-0.1, -0.05) is 26.0 Å². The Morgan fingerprint density at radius 1 is 1.29 bits per heavy atom. The van der Waals surface area contributed by atoms with Gasteiger partial charge >= 0.3 is 0 Å². The lowest BCUT2D eigenvalue weighted by atomic mass is 9.83. The first-order valence-electron chi connectivity index (χ1n) is 4.52. The largest absolute Gasteiger partial charge is 0.396 e. The van der Waals surface area contributed by atoms with Gasteiger partial charge in [0.05, 0.1) is 12.7 Å². The molecular weight excluding hydrogens is 183 g/mol. The minimum absolute atomic E-state index is 0.120. The highest BCUT2D eigenvalue weighted by Gasteiger charge is 2.28. The number of aliphatic hydroxyl groups is 2. The number of hydrogen-bond acceptors (Lipinski definition) is 2. The third-order valence-corrected chi connectivity index (χ3v) is 2.33. The van der Waals surface area contributed by atoms with Gasteiger partial charge in [-0.2, -0.15) is 0 Å². The molecule has 3 heteroatoms. The molecule has 0 bridgehead atoms. The summed E-state index contributed by atoms with van der Waals surface area (Å²) in [6.07, 6.45) is -0.784. The predicted molar refractivity (Wildman–Crippen MR) is 52.2 cm³/mol. The Morgan fingerprint density at radius 2 is 1.79 bits per heavy atom. The van der Waals surface area contributed by atoms with Crippen LogP contribution in [-0.4, -0.2) is 16.8 Å². The molecule has 2 nitrogen and oxygen atoms in total. The van der Waals surface area contributed by atoms with Crippen molar-refractivity contribution < 1.29 is 14.6 Å². The van der Waals surface area contributed by atoms with E-state index in [1.165, 1.54) is 24.3 Å². The van der Waals surface area contributed by atoms with E-state index in [-0.39, 0.29) is 12.4 Å². The van der Waals surface area contributed by atoms with Gasteiger partial charge in [0.15, 0.2) is 0 Å². The van der Waals surface area contributed by atoms with E-state index in [0.717, 1.165) is 0 Å². The van der Waals surface area contributed by atoms with Crippen LogP contribution < -0.4 is 0 Å². The van der Waals surface area contributed by atoms with Crippen molar-refractivity contribution in [3.8, 4) is 0 Å². The highest BCUT2D eigenvalue weighted by Crippen LogP contribution is 2.32. The maximum atomic E-state index is 12.6. The van der Waals surface area contributed by atoms with Crippen LogP contribution >= 0.6 is 0 Å². The molecule has 0 fully saturated rings. The van der Waals surface area contributed by atoms with E-state index >= 15 is 0 Å². The molecule has 0 unspecified atom stereocenters. The number of aliphatic hydroxyl groups excluding tert-OH is 2. The third kappa shape index (κ3) is 2.30. The zero-order valence-electron chi connectivity index (χ0n) is 8.37. The van der Waals surface area contributed by atoms with Crippen LogP contribution in [0.2, 0.25) is 0 Å². The van der Waals surface area contributed by atoms with Crippen molar-refractivity contribution in [3.63, 3.8) is 0 Å². The zero-order valence-corrected chi connectivity index (χ0v) is 8.37. The maximum Gasteiger partial charge on any atom is 0.123 e. The molecule has 2 N–H and O–H groups in total. The summed E-state index contributed by atoms with van der Waals surface area (Å²) in [5, 5.41) is 18.9. The molecule has 0 aliphatic carbocycles. The normalized spacial score (nSPS) is 14.1. The van der Waals surface area contributed by atoms with E-state index in [2.05, 4.69) is 0 Å². The Morgan fingerprint density at radius 3 is 2.21 bits per heavy atom. The number of halogens is 1. The summed E-state index contributed by atoms with van der Waals surface area (Å²) in [6, 6.07) is 5.65. The topological polar surface area (TPSA) is 40.5 Å². The lowest BCUT2D eigenvalue weighted by molar-refractivity contribution is 0.00635. The van der Waals surface area contributed by atoms with Gasteiger partial charge in [0, 0.05) is 5.41 Å². The van der Waals surface area contributed by atoms with Gasteiger partial charge in [0.2, 0.25) is 0 Å². The summed E-state index contributed by atoms with van der Waals surface area (Å²) in [7, 11) is 0. The first-order chi connectivity index (χ1) is 6.47. The van der Waals surface area contributed by atoms with Crippen LogP contribution in [-0.2, 0) is 0 Å². The predicted octanol–water partition coefficient (Wildman–Crippen LogP) is 1.88. The van der Waals surface area contributed by atoms with Crippen molar-refractivity contribution in [2.45, 2.75) is 20.0 Å². The summed E-state index contributed by atoms with van der Waals surface area (Å²) >= 11 is 0. The van der Waals surface area contributed by atoms with Gasteiger partial charge in [0.25, 0.3) is 0 Å². The second kappa shape index (κ2) is 4.07. The Hall–Kier alpha value is -0.930. The van der Waals surface area contributed by atoms with Crippen molar-refractivity contribution in [1.29, 1.82) is 0 Å². The first-order valence-corrected chi connectivity index (χ1v) is 4.52. The van der Waals surface area contributed by atoms with Gasteiger partial charge in [-0.3, -0.25) is 0 Å². The lowest BCUT2D eigenvalue weighted by Crippen LogP contribution is -2.25. The SMILES string of the molecule is CC(C)(CO)[C@H](O)c1ccc(F)cc1. The average Bonchev–Trinajstić information content (AvgIpc) is 2.18. The quantitative estimate of drug-likeness (QED) is 0.778. The molecule has 0 aliphatic rings. The van der Waals surface area contributed by atoms with E-state index in [0.29, 0.717) is 5.56 Å². The van der Waals surface area contributed by atoms with Gasteiger partial charge in [0.1, 0.15) is 5.82 Å². The maximum absolute atomic E-state index is 12.6. The molecule has 0 saturated carbocycles. The Labute approximate surface area is 83.0 Å². The molecule has 0 radical (unpaired) electrons. The molecule has 0 spiro atoms. The van der Waals surface area contributed by atoms with E-state index in [9.17, 15) is 9.50 Å². The van der Waals surface area contributed by atoms with Crippen molar-refractivity contribution in [2.75, 3.05) is 6.61 Å². The average molecular weight is 198 g/mol. The van der Waals surface area contributed by atoms with Crippen LogP contribution in [0.25, 0.3) is 0 Å². The van der Waals surface area contributed by atoms with Crippen LogP contribution in [0.5, 0.6) is 0 Å². The Kier molecular flexibility index (Phi) is 3.24. The van der Waals surface area contributed by atoms with Crippen LogP contribution in [0.15, 0.2) is 24.3 Å². The molecule has 78 valence electrons. The van der Waals surface area contributed by atoms with Gasteiger partial charge in [-0.25, -0.2) is 4.39 Å². The van der Waals surface area contributed by atoms with Crippen LogP contribution in [0.1, 0.15) is 25.5 Å². The summed E-state index contributed by atoms with van der Waals surface area (Å²) in [4.78, 5) is 0. The highest BCUT2D eigenvalue weighted by atomic mass is 19.1. The Bertz CT molecular complexity index is 293. The standard InChI is InChI=1S/C11H15FO2/c1-11(2,7-13)10(14)8-3-5-9(12)6-4-8/h3-6,10,13-14H,7H2,1-2H3/t10-/m1/s1. The molecular formula is C11H15FO2. The van der Waals surface area contributed by atoms with E-state index in [4.69, 9.17) is 5.11 Å². The van der Waals surface area contributed by atoms with Crippen molar-refractivity contribution >= 4 is 0 Å². The summed E-state index contributed by atoms with van der Waals surface area (Å²) < 4.78 is 12.6. The van der Waals surface area contributed by atoms with Crippen molar-refractivity contribution in [2.24, 2.45) is 5.41 Å². The van der Waals surface area contributed by atoms with Gasteiger partial charge < -0.3 is 10.2 Å². The minimum atomic E-state index is -0.784. The fourth-order valence-electron chi connectivity index (χ4n) is 1.18. The van der Waals surface area contributed by atoms with Crippen LogP contribution in [0.3, 0.4) is 0 Å². The Balaban J connectivity index is 2.89. The molecule has 1 rings (SSSR count). The number of rotatable bonds is 3. The molecule has 14 heavy (non-hydrogen) atoms. The number of benzene rings is 1. The molecule has 0 saturated heterocycles.